The number of alkyl halides is 3. The van der Waals surface area contributed by atoms with E-state index in [1.807, 2.05) is 17.0 Å². The molecule has 29 heavy (non-hydrogen) atoms. The molecule has 0 bridgehead atoms. The number of pyridine rings is 2. The highest BCUT2D eigenvalue weighted by Crippen LogP contribution is 2.31. The summed E-state index contributed by atoms with van der Waals surface area (Å²) in [6.45, 7) is 1.00. The molecule has 0 radical (unpaired) electrons. The second-order valence-electron chi connectivity index (χ2n) is 6.87. The molecule has 1 aliphatic rings. The fraction of sp³-hybridized carbons (Fsp3) is 0.300. The highest BCUT2D eigenvalue weighted by atomic mass is 19.4. The number of halogens is 3. The third-order valence-electron chi connectivity index (χ3n) is 4.97. The summed E-state index contributed by atoms with van der Waals surface area (Å²) in [6.07, 6.45) is 1.41. The first-order valence-electron chi connectivity index (χ1n) is 9.20. The standard InChI is InChI=1S/C20H18F3N5O/c21-20(22,23)15-3-5-18(25-12-15)27-11-1-2-16(27)13-28-19(29)6-4-17(26-28)14-7-9-24-10-8-14/h3-10,12,16H,1-2,11,13H2. The van der Waals surface area contributed by atoms with E-state index in [9.17, 15) is 18.0 Å². The van der Waals surface area contributed by atoms with E-state index in [4.69, 9.17) is 0 Å². The topological polar surface area (TPSA) is 63.9 Å². The molecule has 0 spiro atoms. The minimum Gasteiger partial charge on any atom is -0.352 e. The van der Waals surface area contributed by atoms with Gasteiger partial charge in [0.2, 0.25) is 0 Å². The van der Waals surface area contributed by atoms with Gasteiger partial charge in [0, 0.05) is 36.8 Å². The quantitative estimate of drug-likeness (QED) is 0.671. The van der Waals surface area contributed by atoms with Crippen molar-refractivity contribution in [3.05, 3.63) is 70.9 Å². The molecule has 0 aliphatic carbocycles. The van der Waals surface area contributed by atoms with E-state index in [0.29, 0.717) is 24.6 Å². The van der Waals surface area contributed by atoms with Crippen molar-refractivity contribution < 1.29 is 13.2 Å². The number of anilines is 1. The fourth-order valence-corrected chi connectivity index (χ4v) is 3.51. The summed E-state index contributed by atoms with van der Waals surface area (Å²) in [7, 11) is 0. The van der Waals surface area contributed by atoms with Crippen LogP contribution in [0.2, 0.25) is 0 Å². The highest BCUT2D eigenvalue weighted by Gasteiger charge is 2.32. The molecule has 9 heteroatoms. The van der Waals surface area contributed by atoms with Crippen LogP contribution in [0.25, 0.3) is 11.3 Å². The van der Waals surface area contributed by atoms with E-state index in [1.165, 1.54) is 16.8 Å². The smallest absolute Gasteiger partial charge is 0.352 e. The molecular weight excluding hydrogens is 383 g/mol. The average molecular weight is 401 g/mol. The molecule has 1 atom stereocenters. The van der Waals surface area contributed by atoms with Crippen LogP contribution in [0.3, 0.4) is 0 Å². The maximum absolute atomic E-state index is 12.8. The Kier molecular flexibility index (Phi) is 5.04. The SMILES string of the molecule is O=c1ccc(-c2ccncc2)nn1CC1CCCN1c1ccc(C(F)(F)F)cn1. The summed E-state index contributed by atoms with van der Waals surface area (Å²) in [5.74, 6) is 0.471. The van der Waals surface area contributed by atoms with Crippen molar-refractivity contribution in [3.8, 4) is 11.3 Å². The molecule has 0 N–H and O–H groups in total. The summed E-state index contributed by atoms with van der Waals surface area (Å²) in [6, 6.07) is 9.10. The van der Waals surface area contributed by atoms with Gasteiger partial charge in [-0.3, -0.25) is 9.78 Å². The Morgan fingerprint density at radius 1 is 1.07 bits per heavy atom. The summed E-state index contributed by atoms with van der Waals surface area (Å²) >= 11 is 0. The van der Waals surface area contributed by atoms with E-state index >= 15 is 0 Å². The van der Waals surface area contributed by atoms with Crippen molar-refractivity contribution in [1.82, 2.24) is 19.7 Å². The van der Waals surface area contributed by atoms with Gasteiger partial charge in [-0.15, -0.1) is 0 Å². The van der Waals surface area contributed by atoms with Crippen molar-refractivity contribution in [2.75, 3.05) is 11.4 Å². The largest absolute Gasteiger partial charge is 0.417 e. The molecule has 150 valence electrons. The van der Waals surface area contributed by atoms with E-state index in [1.54, 1.807) is 18.5 Å². The van der Waals surface area contributed by atoms with Crippen LogP contribution < -0.4 is 10.5 Å². The summed E-state index contributed by atoms with van der Waals surface area (Å²) < 4.78 is 39.7. The van der Waals surface area contributed by atoms with Gasteiger partial charge in [0.15, 0.2) is 0 Å². The highest BCUT2D eigenvalue weighted by molar-refractivity contribution is 5.57. The lowest BCUT2D eigenvalue weighted by atomic mass is 10.2. The Morgan fingerprint density at radius 2 is 1.86 bits per heavy atom. The summed E-state index contributed by atoms with van der Waals surface area (Å²) in [5, 5.41) is 4.46. The van der Waals surface area contributed by atoms with Gasteiger partial charge in [-0.2, -0.15) is 18.3 Å². The van der Waals surface area contributed by atoms with Gasteiger partial charge in [-0.05, 0) is 43.2 Å². The zero-order valence-electron chi connectivity index (χ0n) is 15.4. The number of aromatic nitrogens is 4. The van der Waals surface area contributed by atoms with E-state index in [2.05, 4.69) is 15.1 Å². The van der Waals surface area contributed by atoms with E-state index in [0.717, 1.165) is 30.7 Å². The minimum atomic E-state index is -4.42. The predicted molar refractivity (Wildman–Crippen MR) is 101 cm³/mol. The van der Waals surface area contributed by atoms with Gasteiger partial charge < -0.3 is 4.90 Å². The Hall–Kier alpha value is -3.23. The Labute approximate surface area is 164 Å². The summed E-state index contributed by atoms with van der Waals surface area (Å²) in [4.78, 5) is 22.2. The first kappa shape index (κ1) is 19.1. The molecule has 0 amide bonds. The molecule has 4 rings (SSSR count). The molecule has 1 unspecified atom stereocenters. The number of hydrogen-bond donors (Lipinski definition) is 0. The van der Waals surface area contributed by atoms with Crippen LogP contribution >= 0.6 is 0 Å². The monoisotopic (exact) mass is 401 g/mol. The van der Waals surface area contributed by atoms with Crippen LogP contribution in [0.15, 0.2) is 59.8 Å². The van der Waals surface area contributed by atoms with Crippen LogP contribution in [-0.4, -0.2) is 32.3 Å². The van der Waals surface area contributed by atoms with Gasteiger partial charge in [0.1, 0.15) is 5.82 Å². The number of nitrogens with zero attached hydrogens (tertiary/aromatic N) is 5. The average Bonchev–Trinajstić information content (AvgIpc) is 3.18. The molecule has 1 saturated heterocycles. The van der Waals surface area contributed by atoms with Gasteiger partial charge in [-0.1, -0.05) is 0 Å². The molecule has 1 aliphatic heterocycles. The predicted octanol–water partition coefficient (Wildman–Crippen LogP) is 3.39. The van der Waals surface area contributed by atoms with E-state index < -0.39 is 11.7 Å². The second kappa shape index (κ2) is 7.65. The molecule has 0 saturated carbocycles. The second-order valence-corrected chi connectivity index (χ2v) is 6.87. The normalized spacial score (nSPS) is 16.9. The first-order chi connectivity index (χ1) is 13.9. The third kappa shape index (κ3) is 4.13. The Balaban J connectivity index is 1.57. The maximum atomic E-state index is 12.8. The Morgan fingerprint density at radius 3 is 2.55 bits per heavy atom. The molecular formula is C20H18F3N5O. The van der Waals surface area contributed by atoms with Crippen LogP contribution in [-0.2, 0) is 12.7 Å². The molecule has 1 fully saturated rings. The van der Waals surface area contributed by atoms with Crippen molar-refractivity contribution >= 4 is 5.82 Å². The van der Waals surface area contributed by atoms with Gasteiger partial charge >= 0.3 is 6.18 Å². The molecule has 4 heterocycles. The van der Waals surface area contributed by atoms with Crippen molar-refractivity contribution in [2.45, 2.75) is 31.6 Å². The Bertz CT molecular complexity index is 1030. The third-order valence-corrected chi connectivity index (χ3v) is 4.97. The van der Waals surface area contributed by atoms with Gasteiger partial charge in [-0.25, -0.2) is 9.67 Å². The fourth-order valence-electron chi connectivity index (χ4n) is 3.51. The molecule has 3 aromatic heterocycles. The van der Waals surface area contributed by atoms with Crippen LogP contribution in [0.4, 0.5) is 19.0 Å². The van der Waals surface area contributed by atoms with Crippen LogP contribution in [0.1, 0.15) is 18.4 Å². The lowest BCUT2D eigenvalue weighted by Crippen LogP contribution is -2.37. The van der Waals surface area contributed by atoms with Crippen LogP contribution in [0.5, 0.6) is 0 Å². The van der Waals surface area contributed by atoms with Gasteiger partial charge in [0.05, 0.1) is 23.8 Å². The number of hydrogen-bond acceptors (Lipinski definition) is 5. The van der Waals surface area contributed by atoms with Crippen molar-refractivity contribution in [1.29, 1.82) is 0 Å². The van der Waals surface area contributed by atoms with Crippen molar-refractivity contribution in [2.24, 2.45) is 0 Å². The van der Waals surface area contributed by atoms with E-state index in [-0.39, 0.29) is 11.6 Å². The number of rotatable bonds is 4. The molecule has 0 aromatic carbocycles. The summed E-state index contributed by atoms with van der Waals surface area (Å²) in [5.41, 5.74) is 0.501. The van der Waals surface area contributed by atoms with Crippen molar-refractivity contribution in [3.63, 3.8) is 0 Å². The lowest BCUT2D eigenvalue weighted by molar-refractivity contribution is -0.137. The molecule has 6 nitrogen and oxygen atoms in total. The minimum absolute atomic E-state index is 0.0721. The molecule has 3 aromatic rings. The lowest BCUT2D eigenvalue weighted by Gasteiger charge is -2.26. The zero-order valence-corrected chi connectivity index (χ0v) is 15.4. The van der Waals surface area contributed by atoms with Gasteiger partial charge in [0.25, 0.3) is 5.56 Å². The zero-order chi connectivity index (χ0) is 20.4. The first-order valence-corrected chi connectivity index (χ1v) is 9.20. The maximum Gasteiger partial charge on any atom is 0.417 e. The van der Waals surface area contributed by atoms with Crippen LogP contribution in [0, 0.1) is 0 Å².